The summed E-state index contributed by atoms with van der Waals surface area (Å²) in [5, 5.41) is 17.8. The van der Waals surface area contributed by atoms with E-state index in [1.165, 1.54) is 19.2 Å². The number of carbonyl (C=O) groups is 1. The number of aryl methyl sites for hydroxylation is 1. The smallest absolute Gasteiger partial charge is 0.407 e. The van der Waals surface area contributed by atoms with Crippen LogP contribution in [0.1, 0.15) is 52.3 Å². The fraction of sp³-hybridized carbons (Fsp3) is 0.455. The van der Waals surface area contributed by atoms with Gasteiger partial charge in [0.05, 0.1) is 23.1 Å². The third-order valence-corrected chi connectivity index (χ3v) is 4.49. The number of hydrogen-bond donors (Lipinski definition) is 3. The number of nitrogens with zero attached hydrogens (tertiary/aromatic N) is 3. The second-order valence-electron chi connectivity index (χ2n) is 8.34. The van der Waals surface area contributed by atoms with Crippen LogP contribution in [0.4, 0.5) is 30.9 Å². The van der Waals surface area contributed by atoms with Crippen molar-refractivity contribution < 1.29 is 18.3 Å². The third kappa shape index (κ3) is 6.77. The number of amides is 1. The quantitative estimate of drug-likeness (QED) is 0.561. The summed E-state index contributed by atoms with van der Waals surface area (Å²) in [6.07, 6.45) is 1.34. The summed E-state index contributed by atoms with van der Waals surface area (Å²) in [5.74, 6) is -1.33. The number of carbonyl (C=O) groups excluding carboxylic acids is 1. The average molecular weight is 447 g/mol. The molecule has 0 aliphatic heterocycles. The Morgan fingerprint density at radius 3 is 2.50 bits per heavy atom. The lowest BCUT2D eigenvalue weighted by Crippen LogP contribution is -2.46. The fourth-order valence-corrected chi connectivity index (χ4v) is 2.83. The molecule has 172 valence electrons. The molecule has 0 radical (unpaired) electrons. The van der Waals surface area contributed by atoms with Crippen molar-refractivity contribution in [2.45, 2.75) is 65.6 Å². The molecule has 10 heteroatoms. The molecule has 0 saturated carbocycles. The van der Waals surface area contributed by atoms with Crippen molar-refractivity contribution >= 4 is 23.4 Å². The van der Waals surface area contributed by atoms with Gasteiger partial charge in [0.2, 0.25) is 0 Å². The van der Waals surface area contributed by atoms with Crippen LogP contribution in [0.15, 0.2) is 18.3 Å². The van der Waals surface area contributed by atoms with Crippen LogP contribution in [0.2, 0.25) is 0 Å². The van der Waals surface area contributed by atoms with E-state index in [1.807, 2.05) is 13.0 Å². The molecular weight excluding hydrogens is 418 g/mol. The second kappa shape index (κ2) is 10.2. The van der Waals surface area contributed by atoms with Gasteiger partial charge in [-0.25, -0.2) is 18.6 Å². The van der Waals surface area contributed by atoms with Gasteiger partial charge in [0.1, 0.15) is 17.5 Å². The number of rotatable bonds is 7. The molecule has 0 fully saturated rings. The van der Waals surface area contributed by atoms with Crippen LogP contribution in [0.25, 0.3) is 0 Å². The Morgan fingerprint density at radius 1 is 1.25 bits per heavy atom. The highest BCUT2D eigenvalue weighted by molar-refractivity contribution is 5.68. The number of ether oxygens (including phenoxy) is 1. The van der Waals surface area contributed by atoms with Gasteiger partial charge in [-0.05, 0) is 47.1 Å². The molecule has 0 bridgehead atoms. The van der Waals surface area contributed by atoms with Crippen molar-refractivity contribution in [1.29, 1.82) is 5.26 Å². The summed E-state index contributed by atoms with van der Waals surface area (Å²) >= 11 is 0. The summed E-state index contributed by atoms with van der Waals surface area (Å²) in [4.78, 5) is 20.2. The van der Waals surface area contributed by atoms with Gasteiger partial charge in [-0.15, -0.1) is 0 Å². The van der Waals surface area contributed by atoms with Gasteiger partial charge in [-0.3, -0.25) is 4.98 Å². The van der Waals surface area contributed by atoms with Crippen molar-refractivity contribution in [3.05, 3.63) is 41.2 Å². The van der Waals surface area contributed by atoms with Crippen LogP contribution in [0, 0.1) is 29.9 Å². The van der Waals surface area contributed by atoms with E-state index in [0.717, 1.165) is 6.07 Å². The Labute approximate surface area is 186 Å². The van der Waals surface area contributed by atoms with E-state index in [0.29, 0.717) is 6.42 Å². The maximum atomic E-state index is 14.6. The van der Waals surface area contributed by atoms with Gasteiger partial charge in [-0.1, -0.05) is 6.92 Å². The zero-order valence-electron chi connectivity index (χ0n) is 19.0. The molecule has 0 spiro atoms. The molecule has 0 aliphatic carbocycles. The van der Waals surface area contributed by atoms with Crippen molar-refractivity contribution in [2.75, 3.05) is 10.6 Å². The van der Waals surface area contributed by atoms with Crippen molar-refractivity contribution in [3.63, 3.8) is 0 Å². The number of nitriles is 1. The number of aromatic nitrogens is 2. The van der Waals surface area contributed by atoms with E-state index in [4.69, 9.17) is 4.74 Å². The minimum absolute atomic E-state index is 0.0454. The standard InChI is InChI=1S/C22H28F2N6O2/c1-7-18(13(3)27-21(31)32-22(4,5)6)29-20-17(24)8-14(10-25)19(30-20)28-15-9-16(23)12(2)26-11-15/h8-9,11,13,18H,7H2,1-6H3,(H,27,31)(H2,28,29,30)/t13-,18+/m0/s1. The lowest BCUT2D eigenvalue weighted by atomic mass is 10.1. The van der Waals surface area contributed by atoms with Crippen molar-refractivity contribution in [1.82, 2.24) is 15.3 Å². The van der Waals surface area contributed by atoms with Gasteiger partial charge in [0.25, 0.3) is 0 Å². The molecule has 2 heterocycles. The second-order valence-corrected chi connectivity index (χ2v) is 8.34. The van der Waals surface area contributed by atoms with Crippen LogP contribution in [0.3, 0.4) is 0 Å². The Balaban J connectivity index is 2.24. The number of halogens is 2. The zero-order valence-corrected chi connectivity index (χ0v) is 19.0. The van der Waals surface area contributed by atoms with E-state index in [-0.39, 0.29) is 34.6 Å². The lowest BCUT2D eigenvalue weighted by Gasteiger charge is -2.27. The first-order valence-corrected chi connectivity index (χ1v) is 10.2. The predicted molar refractivity (Wildman–Crippen MR) is 118 cm³/mol. The van der Waals surface area contributed by atoms with E-state index in [1.54, 1.807) is 27.7 Å². The Bertz CT molecular complexity index is 1020. The van der Waals surface area contributed by atoms with Gasteiger partial charge in [0, 0.05) is 18.2 Å². The number of alkyl carbamates (subject to hydrolysis) is 1. The third-order valence-electron chi connectivity index (χ3n) is 4.49. The lowest BCUT2D eigenvalue weighted by molar-refractivity contribution is 0.0503. The van der Waals surface area contributed by atoms with Gasteiger partial charge >= 0.3 is 6.09 Å². The monoisotopic (exact) mass is 446 g/mol. The average Bonchev–Trinajstić information content (AvgIpc) is 2.69. The van der Waals surface area contributed by atoms with E-state index >= 15 is 0 Å². The zero-order chi connectivity index (χ0) is 24.1. The first-order valence-electron chi connectivity index (χ1n) is 10.2. The Morgan fingerprint density at radius 2 is 1.94 bits per heavy atom. The molecule has 2 rings (SSSR count). The maximum Gasteiger partial charge on any atom is 0.407 e. The summed E-state index contributed by atoms with van der Waals surface area (Å²) in [6, 6.07) is 3.31. The molecule has 0 unspecified atom stereocenters. The number of anilines is 3. The van der Waals surface area contributed by atoms with Crippen LogP contribution in [-0.4, -0.2) is 33.7 Å². The fourth-order valence-electron chi connectivity index (χ4n) is 2.83. The highest BCUT2D eigenvalue weighted by atomic mass is 19.1. The number of hydrogen-bond acceptors (Lipinski definition) is 7. The molecule has 2 aromatic rings. The van der Waals surface area contributed by atoms with Gasteiger partial charge < -0.3 is 20.7 Å². The van der Waals surface area contributed by atoms with Crippen molar-refractivity contribution in [3.8, 4) is 6.07 Å². The molecule has 2 atom stereocenters. The highest BCUT2D eigenvalue weighted by Crippen LogP contribution is 2.25. The normalized spacial score (nSPS) is 13.0. The van der Waals surface area contributed by atoms with E-state index in [9.17, 15) is 18.8 Å². The first kappa shape index (κ1) is 24.8. The number of pyridine rings is 2. The van der Waals surface area contributed by atoms with Crippen molar-refractivity contribution in [2.24, 2.45) is 0 Å². The van der Waals surface area contributed by atoms with Gasteiger partial charge in [-0.2, -0.15) is 5.26 Å². The summed E-state index contributed by atoms with van der Waals surface area (Å²) in [7, 11) is 0. The largest absolute Gasteiger partial charge is 0.444 e. The number of nitrogens with one attached hydrogen (secondary N) is 3. The van der Waals surface area contributed by atoms with Crippen LogP contribution in [0.5, 0.6) is 0 Å². The summed E-state index contributed by atoms with van der Waals surface area (Å²) in [6.45, 7) is 10.4. The topological polar surface area (TPSA) is 112 Å². The Hall–Kier alpha value is -3.48. The summed E-state index contributed by atoms with van der Waals surface area (Å²) in [5.41, 5.74) is -0.212. The SMILES string of the molecule is CC[C@@H](Nc1nc(Nc2cnc(C)c(F)c2)c(C#N)cc1F)[C@H](C)NC(=O)OC(C)(C)C. The van der Waals surface area contributed by atoms with E-state index < -0.39 is 29.4 Å². The van der Waals surface area contributed by atoms with Crippen LogP contribution < -0.4 is 16.0 Å². The van der Waals surface area contributed by atoms with Crippen LogP contribution >= 0.6 is 0 Å². The molecule has 8 nitrogen and oxygen atoms in total. The van der Waals surface area contributed by atoms with E-state index in [2.05, 4.69) is 25.9 Å². The molecule has 0 aliphatic rings. The highest BCUT2D eigenvalue weighted by Gasteiger charge is 2.23. The van der Waals surface area contributed by atoms with Gasteiger partial charge in [0.15, 0.2) is 17.5 Å². The predicted octanol–water partition coefficient (Wildman–Crippen LogP) is 4.78. The maximum absolute atomic E-state index is 14.6. The first-order chi connectivity index (χ1) is 14.9. The molecule has 0 saturated heterocycles. The molecular formula is C22H28F2N6O2. The molecule has 32 heavy (non-hydrogen) atoms. The molecule has 3 N–H and O–H groups in total. The Kier molecular flexibility index (Phi) is 7.92. The molecule has 1 amide bonds. The van der Waals surface area contributed by atoms with Crippen LogP contribution in [-0.2, 0) is 4.74 Å². The molecule has 0 aromatic carbocycles. The minimum atomic E-state index is -0.733. The minimum Gasteiger partial charge on any atom is -0.444 e. The molecule has 2 aromatic heterocycles. The summed E-state index contributed by atoms with van der Waals surface area (Å²) < 4.78 is 33.7.